The summed E-state index contributed by atoms with van der Waals surface area (Å²) in [5, 5.41) is 0. The van der Waals surface area contributed by atoms with Crippen molar-refractivity contribution in [2.75, 3.05) is 13.1 Å². The van der Waals surface area contributed by atoms with Crippen LogP contribution in [0.25, 0.3) is 0 Å². The van der Waals surface area contributed by atoms with Crippen LogP contribution < -0.4 is 0 Å². The monoisotopic (exact) mass is 286 g/mol. The predicted molar refractivity (Wildman–Crippen MR) is 81.0 cm³/mol. The van der Waals surface area contributed by atoms with Crippen molar-refractivity contribution in [3.8, 4) is 0 Å². The molecule has 0 bridgehead atoms. The minimum absolute atomic E-state index is 0.00124. The fraction of sp³-hybridized carbons (Fsp3) is 0.529. The molecule has 0 aliphatic carbocycles. The second-order valence-corrected chi connectivity index (χ2v) is 6.25. The van der Waals surface area contributed by atoms with Crippen molar-refractivity contribution < 1.29 is 9.59 Å². The van der Waals surface area contributed by atoms with Gasteiger partial charge in [-0.1, -0.05) is 36.8 Å². The molecule has 21 heavy (non-hydrogen) atoms. The molecule has 2 aliphatic rings. The number of hydrogen-bond donors (Lipinski definition) is 0. The Bertz CT molecular complexity index is 528. The van der Waals surface area contributed by atoms with Crippen LogP contribution in [0.3, 0.4) is 0 Å². The van der Waals surface area contributed by atoms with Gasteiger partial charge in [-0.3, -0.25) is 9.69 Å². The van der Waals surface area contributed by atoms with Crippen LogP contribution >= 0.6 is 0 Å². The van der Waals surface area contributed by atoms with E-state index in [0.717, 1.165) is 25.8 Å². The molecule has 0 N–H and O–H groups in total. The van der Waals surface area contributed by atoms with Crippen LogP contribution in [0.2, 0.25) is 0 Å². The van der Waals surface area contributed by atoms with E-state index < -0.39 is 0 Å². The molecule has 2 fully saturated rings. The van der Waals surface area contributed by atoms with Gasteiger partial charge in [-0.25, -0.2) is 4.79 Å². The number of benzene rings is 1. The zero-order chi connectivity index (χ0) is 15.0. The lowest BCUT2D eigenvalue weighted by Crippen LogP contribution is -2.39. The molecule has 4 nitrogen and oxygen atoms in total. The van der Waals surface area contributed by atoms with Gasteiger partial charge in [0.1, 0.15) is 6.04 Å². The van der Waals surface area contributed by atoms with E-state index in [4.69, 9.17) is 0 Å². The smallest absolute Gasteiger partial charge is 0.312 e. The van der Waals surface area contributed by atoms with Crippen LogP contribution in [0.4, 0.5) is 4.79 Å². The van der Waals surface area contributed by atoms with Gasteiger partial charge >= 0.3 is 6.03 Å². The molecule has 0 aromatic heterocycles. The van der Waals surface area contributed by atoms with Gasteiger partial charge in [0, 0.05) is 13.1 Å². The second kappa shape index (κ2) is 5.51. The number of fused-ring (bicyclic) bond motifs is 1. The molecule has 0 spiro atoms. The normalized spacial score (nSPS) is 23.4. The van der Waals surface area contributed by atoms with Crippen LogP contribution in [-0.4, -0.2) is 40.9 Å². The van der Waals surface area contributed by atoms with Crippen LogP contribution in [0.15, 0.2) is 24.3 Å². The van der Waals surface area contributed by atoms with Gasteiger partial charge in [-0.2, -0.15) is 0 Å². The molecule has 2 aliphatic heterocycles. The molecule has 2 atom stereocenters. The molecule has 1 aromatic carbocycles. The lowest BCUT2D eigenvalue weighted by atomic mass is 9.99. The van der Waals surface area contributed by atoms with Crippen molar-refractivity contribution in [1.82, 2.24) is 9.80 Å². The van der Waals surface area contributed by atoms with E-state index in [1.165, 1.54) is 16.0 Å². The van der Waals surface area contributed by atoms with Gasteiger partial charge in [0.05, 0.1) is 0 Å². The van der Waals surface area contributed by atoms with Crippen molar-refractivity contribution in [3.05, 3.63) is 35.4 Å². The van der Waals surface area contributed by atoms with Crippen LogP contribution in [0, 0.1) is 6.92 Å². The first-order valence-electron chi connectivity index (χ1n) is 7.76. The number of imide groups is 1. The quantitative estimate of drug-likeness (QED) is 0.802. The van der Waals surface area contributed by atoms with Crippen molar-refractivity contribution >= 4 is 11.9 Å². The fourth-order valence-corrected chi connectivity index (χ4v) is 3.29. The number of nitrogens with zero attached hydrogens (tertiary/aromatic N) is 2. The summed E-state index contributed by atoms with van der Waals surface area (Å²) in [7, 11) is 0. The van der Waals surface area contributed by atoms with Crippen LogP contribution in [0.1, 0.15) is 43.2 Å². The molecule has 3 rings (SSSR count). The topological polar surface area (TPSA) is 40.6 Å². The Hall–Kier alpha value is -1.84. The Balaban J connectivity index is 1.73. The summed E-state index contributed by atoms with van der Waals surface area (Å²) in [6.07, 6.45) is 2.87. The van der Waals surface area contributed by atoms with Crippen LogP contribution in [-0.2, 0) is 4.79 Å². The number of rotatable bonds is 3. The van der Waals surface area contributed by atoms with Crippen molar-refractivity contribution in [1.29, 1.82) is 0 Å². The molecule has 0 unspecified atom stereocenters. The highest BCUT2D eigenvalue weighted by Gasteiger charge is 2.45. The molecule has 1 aromatic rings. The third-order valence-corrected chi connectivity index (χ3v) is 4.63. The van der Waals surface area contributed by atoms with E-state index >= 15 is 0 Å². The number of carbonyl (C=O) groups is 2. The van der Waals surface area contributed by atoms with E-state index in [0.29, 0.717) is 6.54 Å². The molecular weight excluding hydrogens is 264 g/mol. The van der Waals surface area contributed by atoms with E-state index in [1.54, 1.807) is 4.90 Å². The Morgan fingerprint density at radius 1 is 1.19 bits per heavy atom. The van der Waals surface area contributed by atoms with E-state index in [-0.39, 0.29) is 23.9 Å². The third kappa shape index (κ3) is 2.55. The summed E-state index contributed by atoms with van der Waals surface area (Å²) in [4.78, 5) is 28.1. The maximum absolute atomic E-state index is 12.4. The molecule has 2 saturated heterocycles. The van der Waals surface area contributed by atoms with Crippen molar-refractivity contribution in [3.63, 3.8) is 0 Å². The summed E-state index contributed by atoms with van der Waals surface area (Å²) in [5.74, 6) is 0.165. The highest BCUT2D eigenvalue weighted by Crippen LogP contribution is 2.28. The van der Waals surface area contributed by atoms with Crippen molar-refractivity contribution in [2.24, 2.45) is 0 Å². The number of amides is 3. The van der Waals surface area contributed by atoms with Gasteiger partial charge in [0.15, 0.2) is 0 Å². The van der Waals surface area contributed by atoms with Gasteiger partial charge in [0.25, 0.3) is 5.91 Å². The summed E-state index contributed by atoms with van der Waals surface area (Å²) in [6.45, 7) is 5.33. The maximum atomic E-state index is 12.4. The second-order valence-electron chi connectivity index (χ2n) is 6.25. The van der Waals surface area contributed by atoms with Gasteiger partial charge < -0.3 is 4.90 Å². The average molecular weight is 286 g/mol. The van der Waals surface area contributed by atoms with Crippen molar-refractivity contribution in [2.45, 2.75) is 45.1 Å². The molecule has 4 heteroatoms. The number of piperidine rings is 1. The first kappa shape index (κ1) is 14.1. The molecule has 0 radical (unpaired) electrons. The fourth-order valence-electron chi connectivity index (χ4n) is 3.29. The van der Waals surface area contributed by atoms with Gasteiger partial charge in [-0.05, 0) is 37.7 Å². The summed E-state index contributed by atoms with van der Waals surface area (Å²) < 4.78 is 0. The minimum atomic E-state index is -0.198. The standard InChI is InChI=1S/C17H22N2O2/c1-12-6-8-14(9-7-12)13(2)11-19-16(20)15-5-3-4-10-18(15)17(19)21/h6-9,13,15H,3-5,10-11H2,1-2H3/t13-,15+/m1/s1. The Morgan fingerprint density at radius 2 is 1.90 bits per heavy atom. The van der Waals surface area contributed by atoms with Gasteiger partial charge in [0.2, 0.25) is 0 Å². The summed E-state index contributed by atoms with van der Waals surface area (Å²) in [6, 6.07) is 8.02. The number of carbonyl (C=O) groups excluding carboxylic acids is 2. The molecule has 3 amide bonds. The van der Waals surface area contributed by atoms with E-state index in [2.05, 4.69) is 38.1 Å². The predicted octanol–water partition coefficient (Wildman–Crippen LogP) is 2.92. The zero-order valence-electron chi connectivity index (χ0n) is 12.7. The van der Waals surface area contributed by atoms with E-state index in [9.17, 15) is 9.59 Å². The molecule has 112 valence electrons. The molecular formula is C17H22N2O2. The van der Waals surface area contributed by atoms with Crippen LogP contribution in [0.5, 0.6) is 0 Å². The Kier molecular flexibility index (Phi) is 3.70. The maximum Gasteiger partial charge on any atom is 0.327 e. The highest BCUT2D eigenvalue weighted by atomic mass is 16.2. The number of hydrogen-bond acceptors (Lipinski definition) is 2. The Labute approximate surface area is 125 Å². The largest absolute Gasteiger partial charge is 0.327 e. The number of urea groups is 1. The zero-order valence-corrected chi connectivity index (χ0v) is 12.7. The third-order valence-electron chi connectivity index (χ3n) is 4.63. The number of aryl methyl sites for hydroxylation is 1. The lowest BCUT2D eigenvalue weighted by molar-refractivity contribution is -0.129. The summed E-state index contributed by atoms with van der Waals surface area (Å²) >= 11 is 0. The molecule has 2 heterocycles. The highest BCUT2D eigenvalue weighted by molar-refractivity contribution is 6.04. The first-order chi connectivity index (χ1) is 10.1. The molecule has 0 saturated carbocycles. The Morgan fingerprint density at radius 3 is 2.57 bits per heavy atom. The SMILES string of the molecule is Cc1ccc([C@H](C)CN2C(=O)[C@@H]3CCCCN3C2=O)cc1. The first-order valence-corrected chi connectivity index (χ1v) is 7.76. The van der Waals surface area contributed by atoms with Gasteiger partial charge in [-0.15, -0.1) is 0 Å². The lowest BCUT2D eigenvalue weighted by Gasteiger charge is -2.26. The summed E-state index contributed by atoms with van der Waals surface area (Å²) in [5.41, 5.74) is 2.39. The van der Waals surface area contributed by atoms with E-state index in [1.807, 2.05) is 0 Å². The minimum Gasteiger partial charge on any atom is -0.312 e. The average Bonchev–Trinajstić information content (AvgIpc) is 2.73.